The Kier molecular flexibility index (Phi) is 5.07. The molecule has 0 unspecified atom stereocenters. The van der Waals surface area contributed by atoms with Gasteiger partial charge in [0.05, 0.1) is 6.61 Å². The molecule has 1 aromatic rings. The van der Waals surface area contributed by atoms with E-state index >= 15 is 0 Å². The highest BCUT2D eigenvalue weighted by Gasteiger charge is 1.93. The van der Waals surface area contributed by atoms with Crippen LogP contribution in [0.15, 0.2) is 24.3 Å². The van der Waals surface area contributed by atoms with Crippen LogP contribution in [0.4, 0.5) is 4.39 Å². The van der Waals surface area contributed by atoms with Crippen molar-refractivity contribution >= 4 is 22.9 Å². The highest BCUT2D eigenvalue weighted by molar-refractivity contribution is 14.1. The minimum Gasteiger partial charge on any atom is -0.494 e. The lowest BCUT2D eigenvalue weighted by Crippen LogP contribution is -2.06. The number of halogens is 2. The number of rotatable bonds is 5. The van der Waals surface area contributed by atoms with Gasteiger partial charge in [0.15, 0.2) is 0 Å². The fourth-order valence-electron chi connectivity index (χ4n) is 0.860. The third-order valence-electron chi connectivity index (χ3n) is 1.50. The van der Waals surface area contributed by atoms with Crippen LogP contribution in [0.5, 0.6) is 5.75 Å². The van der Waals surface area contributed by atoms with Crippen LogP contribution in [-0.4, -0.2) is 13.2 Å². The van der Waals surface area contributed by atoms with Gasteiger partial charge >= 0.3 is 0 Å². The van der Waals surface area contributed by atoms with E-state index in [9.17, 15) is 4.39 Å². The molecular weight excluding hydrogens is 284 g/mol. The van der Waals surface area contributed by atoms with Crippen molar-refractivity contribution in [1.29, 1.82) is 0 Å². The standard InChI is InChI=1S/C9H11FINO/c10-8-2-4-9(5-3-8)13-7-1-6-12-11/h2-5,12H,1,6-7H2. The Morgan fingerprint density at radius 2 is 2.00 bits per heavy atom. The molecule has 0 spiro atoms. The largest absolute Gasteiger partial charge is 0.494 e. The van der Waals surface area contributed by atoms with E-state index < -0.39 is 0 Å². The molecule has 0 atom stereocenters. The van der Waals surface area contributed by atoms with Gasteiger partial charge in [-0.2, -0.15) is 0 Å². The van der Waals surface area contributed by atoms with Gasteiger partial charge in [-0.15, -0.1) is 0 Å². The molecule has 0 aromatic heterocycles. The molecule has 0 radical (unpaired) electrons. The first kappa shape index (κ1) is 10.7. The van der Waals surface area contributed by atoms with Gasteiger partial charge in [0.1, 0.15) is 11.6 Å². The average Bonchev–Trinajstić information content (AvgIpc) is 2.15. The van der Waals surface area contributed by atoms with Crippen molar-refractivity contribution in [3.63, 3.8) is 0 Å². The maximum atomic E-state index is 12.5. The summed E-state index contributed by atoms with van der Waals surface area (Å²) in [5, 5.41) is 0. The summed E-state index contributed by atoms with van der Waals surface area (Å²) in [5.74, 6) is 0.483. The summed E-state index contributed by atoms with van der Waals surface area (Å²) >= 11 is 2.09. The molecule has 0 aliphatic heterocycles. The molecule has 0 bridgehead atoms. The van der Waals surface area contributed by atoms with Crippen LogP contribution in [0.3, 0.4) is 0 Å². The third-order valence-corrected chi connectivity index (χ3v) is 2.04. The molecule has 1 N–H and O–H groups in total. The van der Waals surface area contributed by atoms with Gasteiger partial charge in [-0.05, 0) is 30.7 Å². The van der Waals surface area contributed by atoms with Crippen LogP contribution in [0.25, 0.3) is 0 Å². The molecular formula is C9H11FINO. The number of ether oxygens (including phenoxy) is 1. The molecule has 72 valence electrons. The van der Waals surface area contributed by atoms with E-state index in [1.807, 2.05) is 0 Å². The minimum absolute atomic E-state index is 0.235. The van der Waals surface area contributed by atoms with Gasteiger partial charge in [0, 0.05) is 29.4 Å². The van der Waals surface area contributed by atoms with E-state index in [4.69, 9.17) is 4.74 Å². The van der Waals surface area contributed by atoms with E-state index in [2.05, 4.69) is 26.4 Å². The molecule has 0 fully saturated rings. The minimum atomic E-state index is -0.235. The highest BCUT2D eigenvalue weighted by Crippen LogP contribution is 2.10. The van der Waals surface area contributed by atoms with Crippen molar-refractivity contribution < 1.29 is 9.13 Å². The first-order valence-corrected chi connectivity index (χ1v) is 5.12. The highest BCUT2D eigenvalue weighted by atomic mass is 127. The zero-order chi connectivity index (χ0) is 9.52. The molecule has 1 rings (SSSR count). The van der Waals surface area contributed by atoms with Crippen LogP contribution in [0.2, 0.25) is 0 Å². The summed E-state index contributed by atoms with van der Waals surface area (Å²) in [6.07, 6.45) is 0.945. The van der Waals surface area contributed by atoms with E-state index in [0.29, 0.717) is 6.61 Å². The van der Waals surface area contributed by atoms with Gasteiger partial charge < -0.3 is 4.74 Å². The normalized spacial score (nSPS) is 10.0. The Morgan fingerprint density at radius 1 is 1.31 bits per heavy atom. The van der Waals surface area contributed by atoms with Crippen molar-refractivity contribution in [2.24, 2.45) is 0 Å². The Bertz CT molecular complexity index is 240. The SMILES string of the molecule is Fc1ccc(OCCCNI)cc1. The van der Waals surface area contributed by atoms with E-state index in [1.165, 1.54) is 12.1 Å². The van der Waals surface area contributed by atoms with Crippen LogP contribution < -0.4 is 8.27 Å². The zero-order valence-electron chi connectivity index (χ0n) is 7.09. The summed E-state index contributed by atoms with van der Waals surface area (Å²) in [5.41, 5.74) is 0. The van der Waals surface area contributed by atoms with Gasteiger partial charge in [0.2, 0.25) is 0 Å². The number of benzene rings is 1. The Hall–Kier alpha value is -0.360. The number of hydrogen-bond acceptors (Lipinski definition) is 2. The van der Waals surface area contributed by atoms with Crippen molar-refractivity contribution in [3.05, 3.63) is 30.1 Å². The summed E-state index contributed by atoms with van der Waals surface area (Å²) < 4.78 is 20.8. The summed E-state index contributed by atoms with van der Waals surface area (Å²) in [6.45, 7) is 1.57. The Morgan fingerprint density at radius 3 is 2.62 bits per heavy atom. The lowest BCUT2D eigenvalue weighted by Gasteiger charge is -2.04. The Labute approximate surface area is 91.0 Å². The molecule has 0 saturated carbocycles. The fraction of sp³-hybridized carbons (Fsp3) is 0.333. The molecule has 2 nitrogen and oxygen atoms in total. The summed E-state index contributed by atoms with van der Waals surface area (Å²) in [6, 6.07) is 6.05. The lowest BCUT2D eigenvalue weighted by molar-refractivity contribution is 0.312. The monoisotopic (exact) mass is 295 g/mol. The second kappa shape index (κ2) is 6.15. The molecule has 4 heteroatoms. The van der Waals surface area contributed by atoms with E-state index in [-0.39, 0.29) is 5.82 Å². The molecule has 0 aliphatic carbocycles. The topological polar surface area (TPSA) is 21.3 Å². The fourth-order valence-corrected chi connectivity index (χ4v) is 1.24. The lowest BCUT2D eigenvalue weighted by atomic mass is 10.3. The van der Waals surface area contributed by atoms with Crippen molar-refractivity contribution in [2.75, 3.05) is 13.2 Å². The molecule has 13 heavy (non-hydrogen) atoms. The van der Waals surface area contributed by atoms with Gasteiger partial charge in [0.25, 0.3) is 0 Å². The molecule has 0 saturated heterocycles. The van der Waals surface area contributed by atoms with Gasteiger partial charge in [-0.3, -0.25) is 3.53 Å². The Balaban J connectivity index is 2.25. The first-order valence-electron chi connectivity index (χ1n) is 4.05. The quantitative estimate of drug-likeness (QED) is 0.512. The molecule has 0 aliphatic rings. The van der Waals surface area contributed by atoms with Crippen LogP contribution in [0.1, 0.15) is 6.42 Å². The van der Waals surface area contributed by atoms with Crippen LogP contribution in [-0.2, 0) is 0 Å². The summed E-state index contributed by atoms with van der Waals surface area (Å²) in [7, 11) is 0. The third kappa shape index (κ3) is 4.42. The number of hydrogen-bond donors (Lipinski definition) is 1. The predicted octanol–water partition coefficient (Wildman–Crippen LogP) is 2.53. The van der Waals surface area contributed by atoms with E-state index in [0.717, 1.165) is 18.7 Å². The summed E-state index contributed by atoms with van der Waals surface area (Å²) in [4.78, 5) is 0. The maximum Gasteiger partial charge on any atom is 0.123 e. The predicted molar refractivity (Wildman–Crippen MR) is 58.5 cm³/mol. The van der Waals surface area contributed by atoms with Crippen LogP contribution in [0, 0.1) is 5.82 Å². The molecule has 0 heterocycles. The number of nitrogens with one attached hydrogen (secondary N) is 1. The van der Waals surface area contributed by atoms with Gasteiger partial charge in [-0.1, -0.05) is 0 Å². The second-order valence-corrected chi connectivity index (χ2v) is 3.30. The van der Waals surface area contributed by atoms with Crippen molar-refractivity contribution in [2.45, 2.75) is 6.42 Å². The van der Waals surface area contributed by atoms with E-state index in [1.54, 1.807) is 12.1 Å². The van der Waals surface area contributed by atoms with Crippen molar-refractivity contribution in [1.82, 2.24) is 3.53 Å². The maximum absolute atomic E-state index is 12.5. The molecule has 0 amide bonds. The molecule has 1 aromatic carbocycles. The van der Waals surface area contributed by atoms with Crippen LogP contribution >= 0.6 is 22.9 Å². The second-order valence-electron chi connectivity index (χ2n) is 2.54. The average molecular weight is 295 g/mol. The van der Waals surface area contributed by atoms with Crippen molar-refractivity contribution in [3.8, 4) is 5.75 Å². The smallest absolute Gasteiger partial charge is 0.123 e. The zero-order valence-corrected chi connectivity index (χ0v) is 9.25. The first-order chi connectivity index (χ1) is 6.33. The van der Waals surface area contributed by atoms with Gasteiger partial charge in [-0.25, -0.2) is 4.39 Å².